The topological polar surface area (TPSA) is 32.2 Å². The van der Waals surface area contributed by atoms with Crippen LogP contribution < -0.4 is 15.1 Å². The molecule has 2 aliphatic rings. The highest BCUT2D eigenvalue weighted by Crippen LogP contribution is 2.46. The number of aromatic nitrogens is 4. The second-order valence-electron chi connectivity index (χ2n) is 15.1. The van der Waals surface area contributed by atoms with Crippen LogP contribution in [0.5, 0.6) is 11.6 Å². The van der Waals surface area contributed by atoms with Crippen molar-refractivity contribution in [3.05, 3.63) is 194 Å². The molecule has 0 spiro atoms. The Bertz CT molecular complexity index is 3300. The van der Waals surface area contributed by atoms with Gasteiger partial charge in [0.1, 0.15) is 11.6 Å². The van der Waals surface area contributed by atoms with E-state index in [0.29, 0.717) is 0 Å². The first-order chi connectivity index (χ1) is 28.3. The molecule has 0 atom stereocenters. The monoisotopic (exact) mass is 729 g/mol. The second kappa shape index (κ2) is 11.4. The highest BCUT2D eigenvalue weighted by molar-refractivity contribution is 6.74. The van der Waals surface area contributed by atoms with Gasteiger partial charge in [0.2, 0.25) is 0 Å². The van der Waals surface area contributed by atoms with E-state index in [0.717, 1.165) is 45.7 Å². The Morgan fingerprint density at radius 1 is 0.404 bits per heavy atom. The van der Waals surface area contributed by atoms with Crippen LogP contribution in [0.15, 0.2) is 194 Å². The average Bonchev–Trinajstić information content (AvgIpc) is 4.05. The number of hydrogen-bond acceptors (Lipinski definition) is 2. The predicted molar refractivity (Wildman–Crippen MR) is 234 cm³/mol. The van der Waals surface area contributed by atoms with Crippen molar-refractivity contribution in [2.45, 2.75) is 0 Å². The molecule has 2 aliphatic heterocycles. The molecule has 6 heterocycles. The molecule has 0 saturated carbocycles. The van der Waals surface area contributed by atoms with Crippen LogP contribution in [-0.4, -0.2) is 25.1 Å². The molecule has 13 rings (SSSR count). The number of rotatable bonds is 4. The third-order valence-electron chi connectivity index (χ3n) is 12.0. The summed E-state index contributed by atoms with van der Waals surface area (Å²) < 4.78 is 16.4. The SMILES string of the molecule is c1ccc(-c2ccc(N3c4cccc5c4B(n4cc(-n6c7ccccc7c7ccccc76)cc4O5)n4cc(-n5c6ccccc6c6ccccc65)cc43)cc2)cc1. The summed E-state index contributed by atoms with van der Waals surface area (Å²) in [5.74, 6) is 2.75. The van der Waals surface area contributed by atoms with Gasteiger partial charge in [0.05, 0.1) is 33.4 Å². The minimum Gasteiger partial charge on any atom is -0.442 e. The van der Waals surface area contributed by atoms with E-state index in [2.05, 4.69) is 217 Å². The van der Waals surface area contributed by atoms with Gasteiger partial charge < -0.3 is 22.8 Å². The largest absolute Gasteiger partial charge is 0.442 e. The van der Waals surface area contributed by atoms with Gasteiger partial charge in [-0.3, -0.25) is 4.90 Å². The molecule has 0 aliphatic carbocycles. The molecule has 4 aromatic heterocycles. The molecule has 0 radical (unpaired) electrons. The van der Waals surface area contributed by atoms with Crippen LogP contribution in [0, 0.1) is 0 Å². The fourth-order valence-corrected chi connectivity index (χ4v) is 9.62. The summed E-state index contributed by atoms with van der Waals surface area (Å²) in [6, 6.07) is 65.3. The molecule has 7 aromatic carbocycles. The Kier molecular flexibility index (Phi) is 6.16. The first-order valence-corrected chi connectivity index (χ1v) is 19.5. The van der Waals surface area contributed by atoms with E-state index in [1.165, 1.54) is 54.7 Å². The molecule has 11 aromatic rings. The molecule has 266 valence electrons. The molecular formula is C50H32BN5O. The van der Waals surface area contributed by atoms with Crippen molar-refractivity contribution in [3.63, 3.8) is 0 Å². The van der Waals surface area contributed by atoms with Crippen LogP contribution >= 0.6 is 0 Å². The Morgan fingerprint density at radius 3 is 1.51 bits per heavy atom. The normalized spacial score (nSPS) is 13.0. The molecule has 0 unspecified atom stereocenters. The zero-order chi connectivity index (χ0) is 37.2. The summed E-state index contributed by atoms with van der Waals surface area (Å²) in [6.45, 7) is -0.196. The Morgan fingerprint density at radius 2 is 0.912 bits per heavy atom. The predicted octanol–water partition coefficient (Wildman–Crippen LogP) is 11.8. The van der Waals surface area contributed by atoms with Crippen LogP contribution in [0.4, 0.5) is 17.2 Å². The Labute approximate surface area is 328 Å². The van der Waals surface area contributed by atoms with Crippen LogP contribution in [0.25, 0.3) is 66.1 Å². The zero-order valence-corrected chi connectivity index (χ0v) is 30.7. The van der Waals surface area contributed by atoms with Crippen molar-refractivity contribution < 1.29 is 4.74 Å². The van der Waals surface area contributed by atoms with Gasteiger partial charge in [-0.25, -0.2) is 0 Å². The minimum absolute atomic E-state index is 0.196. The van der Waals surface area contributed by atoms with Gasteiger partial charge in [0.15, 0.2) is 5.88 Å². The lowest BCUT2D eigenvalue weighted by Gasteiger charge is -2.39. The summed E-state index contributed by atoms with van der Waals surface area (Å²) in [6.07, 6.45) is 4.60. The molecular weight excluding hydrogens is 697 g/mol. The summed E-state index contributed by atoms with van der Waals surface area (Å²) in [5.41, 5.74) is 12.6. The molecule has 0 N–H and O–H groups in total. The lowest BCUT2D eigenvalue weighted by Crippen LogP contribution is -2.52. The molecule has 0 fully saturated rings. The zero-order valence-electron chi connectivity index (χ0n) is 30.7. The van der Waals surface area contributed by atoms with Crippen molar-refractivity contribution in [3.8, 4) is 34.1 Å². The third kappa shape index (κ3) is 4.25. The lowest BCUT2D eigenvalue weighted by molar-refractivity contribution is 0.453. The van der Waals surface area contributed by atoms with Gasteiger partial charge in [0.25, 0.3) is 0 Å². The minimum atomic E-state index is -0.196. The maximum atomic E-state index is 6.90. The van der Waals surface area contributed by atoms with Gasteiger partial charge in [-0.05, 0) is 59.7 Å². The lowest BCUT2D eigenvalue weighted by atomic mass is 9.63. The van der Waals surface area contributed by atoms with Crippen molar-refractivity contribution in [2.24, 2.45) is 0 Å². The fourth-order valence-electron chi connectivity index (χ4n) is 9.62. The number of para-hydroxylation sites is 4. The average molecular weight is 730 g/mol. The highest BCUT2D eigenvalue weighted by Gasteiger charge is 2.43. The van der Waals surface area contributed by atoms with E-state index >= 15 is 0 Å². The maximum Gasteiger partial charge on any atom is 0.429 e. The Hall–Kier alpha value is -7.64. The second-order valence-corrected chi connectivity index (χ2v) is 15.1. The number of ether oxygens (including phenoxy) is 1. The van der Waals surface area contributed by atoms with Crippen molar-refractivity contribution in [2.75, 3.05) is 4.90 Å². The first-order valence-electron chi connectivity index (χ1n) is 19.5. The summed E-state index contributed by atoms with van der Waals surface area (Å²) in [4.78, 5) is 2.40. The quantitative estimate of drug-likeness (QED) is 0.169. The van der Waals surface area contributed by atoms with Gasteiger partial charge in [-0.2, -0.15) is 0 Å². The van der Waals surface area contributed by atoms with Crippen LogP contribution in [-0.2, 0) is 0 Å². The number of benzene rings is 7. The van der Waals surface area contributed by atoms with Gasteiger partial charge in [-0.15, -0.1) is 0 Å². The molecule has 57 heavy (non-hydrogen) atoms. The Balaban J connectivity index is 1.06. The van der Waals surface area contributed by atoms with Gasteiger partial charge in [0, 0.05) is 62.9 Å². The fraction of sp³-hybridized carbons (Fsp3) is 0. The first kappa shape index (κ1) is 30.7. The highest BCUT2D eigenvalue weighted by atomic mass is 16.5. The number of nitrogens with zero attached hydrogens (tertiary/aromatic N) is 5. The number of fused-ring (bicyclic) bond motifs is 10. The maximum absolute atomic E-state index is 6.90. The van der Waals surface area contributed by atoms with E-state index in [9.17, 15) is 0 Å². The van der Waals surface area contributed by atoms with Crippen molar-refractivity contribution >= 4 is 73.2 Å². The summed E-state index contributed by atoms with van der Waals surface area (Å²) in [5, 5.41) is 4.95. The van der Waals surface area contributed by atoms with Gasteiger partial charge in [-0.1, -0.05) is 121 Å². The van der Waals surface area contributed by atoms with E-state index in [4.69, 9.17) is 4.74 Å². The molecule has 0 amide bonds. The van der Waals surface area contributed by atoms with E-state index in [-0.39, 0.29) is 6.98 Å². The molecule has 0 bridgehead atoms. The molecule has 7 heteroatoms. The third-order valence-corrected chi connectivity index (χ3v) is 12.0. The smallest absolute Gasteiger partial charge is 0.429 e. The number of hydrogen-bond donors (Lipinski definition) is 0. The standard InChI is InChI=1S/C50H32BN5O/c1-2-13-33(14-3-1)34-25-27-35(28-26-34)56-46-23-12-24-47-50(46)51(52-31-36(29-48(52)56)54-42-19-8-4-15-38(42)39-16-5-9-20-43(39)54)53-32-37(30-49(53)57-47)55-44-21-10-6-17-40(44)41-18-7-11-22-45(41)55/h1-32H. The summed E-state index contributed by atoms with van der Waals surface area (Å²) >= 11 is 0. The van der Waals surface area contributed by atoms with Crippen LogP contribution in [0.2, 0.25) is 0 Å². The molecule has 0 saturated heterocycles. The van der Waals surface area contributed by atoms with E-state index in [1.54, 1.807) is 0 Å². The van der Waals surface area contributed by atoms with Crippen molar-refractivity contribution in [1.82, 2.24) is 18.1 Å². The van der Waals surface area contributed by atoms with Crippen LogP contribution in [0.1, 0.15) is 0 Å². The van der Waals surface area contributed by atoms with Crippen molar-refractivity contribution in [1.29, 1.82) is 0 Å². The molecule has 6 nitrogen and oxygen atoms in total. The van der Waals surface area contributed by atoms with Gasteiger partial charge >= 0.3 is 6.98 Å². The van der Waals surface area contributed by atoms with E-state index < -0.39 is 0 Å². The van der Waals surface area contributed by atoms with Crippen LogP contribution in [0.3, 0.4) is 0 Å². The number of anilines is 3. The van der Waals surface area contributed by atoms with E-state index in [1.807, 2.05) is 0 Å². The summed E-state index contributed by atoms with van der Waals surface area (Å²) in [7, 11) is 0.